The molecule has 0 amide bonds. The van der Waals surface area contributed by atoms with Crippen molar-refractivity contribution in [1.29, 1.82) is 0 Å². The van der Waals surface area contributed by atoms with E-state index in [0.29, 0.717) is 22.7 Å². The Morgan fingerprint density at radius 1 is 0.818 bits per heavy atom. The summed E-state index contributed by atoms with van der Waals surface area (Å²) in [6.45, 7) is 3.29. The maximum atomic E-state index is 12.4. The molecule has 1 heterocycles. The lowest BCUT2D eigenvalue weighted by Crippen LogP contribution is -2.32. The first-order valence-electron chi connectivity index (χ1n) is 13.1. The number of hydrogen-bond acceptors (Lipinski definition) is 11. The number of nitro benzene ring substituents is 1. The Morgan fingerprint density at radius 3 is 1.86 bits per heavy atom. The quantitative estimate of drug-likeness (QED) is 0.157. The fourth-order valence-corrected chi connectivity index (χ4v) is 4.78. The lowest BCUT2D eigenvalue weighted by Gasteiger charge is -2.29. The zero-order valence-electron chi connectivity index (χ0n) is 25.0. The number of phenolic OH excluding ortho intramolecular Hbond substituents is 1. The Balaban J connectivity index is 0.000000249. The summed E-state index contributed by atoms with van der Waals surface area (Å²) in [6, 6.07) is 17.6. The van der Waals surface area contributed by atoms with Crippen molar-refractivity contribution in [2.75, 3.05) is 28.4 Å². The van der Waals surface area contributed by atoms with Crippen LogP contribution in [0.15, 0.2) is 89.3 Å². The van der Waals surface area contributed by atoms with Crippen molar-refractivity contribution in [3.05, 3.63) is 116 Å². The van der Waals surface area contributed by atoms with Crippen molar-refractivity contribution < 1.29 is 43.4 Å². The van der Waals surface area contributed by atoms with Gasteiger partial charge in [0.15, 0.2) is 0 Å². The number of ether oxygens (including phenoxy) is 4. The number of carbonyl (C=O) groups excluding carboxylic acids is 3. The largest absolute Gasteiger partial charge is 0.507 e. The average molecular weight is 605 g/mol. The molecule has 0 radical (unpaired) electrons. The second-order valence-electron chi connectivity index (χ2n) is 9.35. The van der Waals surface area contributed by atoms with E-state index in [2.05, 4.69) is 5.32 Å². The summed E-state index contributed by atoms with van der Waals surface area (Å²) < 4.78 is 19.8. The second-order valence-corrected chi connectivity index (χ2v) is 9.35. The number of dihydropyridines is 1. The van der Waals surface area contributed by atoms with Crippen LogP contribution in [0.2, 0.25) is 0 Å². The van der Waals surface area contributed by atoms with Crippen LogP contribution in [0, 0.1) is 10.1 Å². The number of methoxy groups -OCH3 is 4. The molecule has 12 nitrogen and oxygen atoms in total. The topological polar surface area (TPSA) is 164 Å². The third-order valence-corrected chi connectivity index (χ3v) is 6.79. The lowest BCUT2D eigenvalue weighted by molar-refractivity contribution is -0.385. The number of ketones is 1. The van der Waals surface area contributed by atoms with E-state index < -0.39 is 22.8 Å². The molecule has 3 aromatic carbocycles. The molecule has 0 bridgehead atoms. The standard InChI is InChI=1S/C17H18N2O6.C15H14O4/c1-9-13(16(20)24-3)15(14(10(2)18-9)17(21)25-4)11-7-5-6-8-12(11)19(22)23;1-18-11-8-12(16)14(13(9-11)19-2)15(17)10-6-4-3-5-7-10/h5-8,15,18H,1-4H3;3-9,16H,1-2H3. The Bertz CT molecular complexity index is 1610. The van der Waals surface area contributed by atoms with Crippen LogP contribution in [-0.2, 0) is 19.1 Å². The molecule has 4 rings (SSSR count). The molecule has 12 heteroatoms. The van der Waals surface area contributed by atoms with Crippen molar-refractivity contribution in [3.63, 3.8) is 0 Å². The zero-order valence-corrected chi connectivity index (χ0v) is 25.0. The highest BCUT2D eigenvalue weighted by Crippen LogP contribution is 2.42. The molecule has 0 unspecified atom stereocenters. The van der Waals surface area contributed by atoms with E-state index in [4.69, 9.17) is 18.9 Å². The van der Waals surface area contributed by atoms with E-state index in [1.165, 1.54) is 52.7 Å². The predicted molar refractivity (Wildman–Crippen MR) is 159 cm³/mol. The average Bonchev–Trinajstić information content (AvgIpc) is 3.03. The Hall–Kier alpha value is -5.65. The summed E-state index contributed by atoms with van der Waals surface area (Å²) in [5, 5.41) is 24.4. The monoisotopic (exact) mass is 604 g/mol. The molecule has 2 N–H and O–H groups in total. The number of aromatic hydroxyl groups is 1. The summed E-state index contributed by atoms with van der Waals surface area (Å²) in [4.78, 5) is 47.9. The van der Waals surface area contributed by atoms with Crippen LogP contribution in [0.25, 0.3) is 0 Å². The fraction of sp³-hybridized carbons (Fsp3) is 0.219. The van der Waals surface area contributed by atoms with Gasteiger partial charge in [-0.15, -0.1) is 0 Å². The van der Waals surface area contributed by atoms with Crippen molar-refractivity contribution in [2.45, 2.75) is 19.8 Å². The van der Waals surface area contributed by atoms with Gasteiger partial charge in [0, 0.05) is 40.7 Å². The van der Waals surface area contributed by atoms with Crippen molar-refractivity contribution in [3.8, 4) is 17.2 Å². The van der Waals surface area contributed by atoms with Gasteiger partial charge < -0.3 is 29.4 Å². The van der Waals surface area contributed by atoms with Gasteiger partial charge in [-0.2, -0.15) is 0 Å². The molecule has 0 saturated carbocycles. The number of para-hydroxylation sites is 1. The first-order chi connectivity index (χ1) is 21.0. The molecule has 0 aromatic heterocycles. The Labute approximate surface area is 253 Å². The van der Waals surface area contributed by atoms with Crippen LogP contribution in [0.3, 0.4) is 0 Å². The van der Waals surface area contributed by atoms with Crippen LogP contribution < -0.4 is 14.8 Å². The van der Waals surface area contributed by atoms with Crippen molar-refractivity contribution in [2.24, 2.45) is 0 Å². The van der Waals surface area contributed by atoms with E-state index in [1.807, 2.05) is 6.07 Å². The number of nitro groups is 1. The number of benzene rings is 3. The number of nitrogens with zero attached hydrogens (tertiary/aromatic N) is 1. The van der Waals surface area contributed by atoms with Crippen LogP contribution in [0.4, 0.5) is 5.69 Å². The summed E-state index contributed by atoms with van der Waals surface area (Å²) >= 11 is 0. The molecule has 0 saturated heterocycles. The molecule has 0 aliphatic carbocycles. The Kier molecular flexibility index (Phi) is 10.8. The zero-order chi connectivity index (χ0) is 32.6. The number of hydrogen-bond donors (Lipinski definition) is 2. The van der Waals surface area contributed by atoms with Crippen LogP contribution in [-0.4, -0.2) is 56.2 Å². The van der Waals surface area contributed by atoms with Gasteiger partial charge >= 0.3 is 11.9 Å². The number of esters is 2. The minimum absolute atomic E-state index is 0.128. The van der Waals surface area contributed by atoms with Gasteiger partial charge in [0.1, 0.15) is 22.8 Å². The fourth-order valence-electron chi connectivity index (χ4n) is 4.78. The molecular formula is C32H32N2O10. The summed E-state index contributed by atoms with van der Waals surface area (Å²) in [5.74, 6) is -2.07. The minimum atomic E-state index is -0.970. The van der Waals surface area contributed by atoms with Crippen LogP contribution in [0.5, 0.6) is 17.2 Å². The van der Waals surface area contributed by atoms with Gasteiger partial charge in [0.25, 0.3) is 5.69 Å². The maximum absolute atomic E-state index is 12.4. The molecule has 0 atom stereocenters. The molecule has 0 fully saturated rings. The first kappa shape index (κ1) is 32.9. The number of carbonyl (C=O) groups is 3. The summed E-state index contributed by atoms with van der Waals surface area (Å²) in [5.41, 5.74) is 1.81. The van der Waals surface area contributed by atoms with Crippen molar-refractivity contribution in [1.82, 2.24) is 5.32 Å². The SMILES string of the molecule is COC(=O)C1=C(C)NC(C)=C(C(=O)OC)C1c1ccccc1[N+](=O)[O-].COc1cc(O)c(C(=O)c2ccccc2)c(OC)c1. The van der Waals surface area contributed by atoms with Crippen LogP contribution in [0.1, 0.15) is 41.3 Å². The molecule has 1 aliphatic rings. The molecule has 3 aromatic rings. The normalized spacial score (nSPS) is 12.8. The lowest BCUT2D eigenvalue weighted by atomic mass is 9.79. The second kappa shape index (κ2) is 14.5. The van der Waals surface area contributed by atoms with Gasteiger partial charge in [-0.1, -0.05) is 48.5 Å². The van der Waals surface area contributed by atoms with E-state index in [1.54, 1.807) is 50.2 Å². The molecular weight excluding hydrogens is 572 g/mol. The third kappa shape index (κ3) is 6.86. The highest BCUT2D eigenvalue weighted by Gasteiger charge is 2.40. The number of phenols is 1. The molecule has 1 aliphatic heterocycles. The van der Waals surface area contributed by atoms with Crippen molar-refractivity contribution >= 4 is 23.4 Å². The number of nitrogens with one attached hydrogen (secondary N) is 1. The van der Waals surface area contributed by atoms with Gasteiger partial charge in [0.05, 0.1) is 50.4 Å². The van der Waals surface area contributed by atoms with E-state index in [0.717, 1.165) is 0 Å². The van der Waals surface area contributed by atoms with E-state index in [9.17, 15) is 29.6 Å². The maximum Gasteiger partial charge on any atom is 0.336 e. The first-order valence-corrected chi connectivity index (χ1v) is 13.1. The number of allylic oxidation sites excluding steroid dienone is 2. The van der Waals surface area contributed by atoms with Gasteiger partial charge in [-0.3, -0.25) is 14.9 Å². The molecule has 230 valence electrons. The summed E-state index contributed by atoms with van der Waals surface area (Å²) in [7, 11) is 5.34. The predicted octanol–water partition coefficient (Wildman–Crippen LogP) is 4.82. The Morgan fingerprint density at radius 2 is 1.36 bits per heavy atom. The smallest absolute Gasteiger partial charge is 0.336 e. The van der Waals surface area contributed by atoms with Crippen LogP contribution >= 0.6 is 0 Å². The van der Waals surface area contributed by atoms with Gasteiger partial charge in [-0.05, 0) is 13.8 Å². The van der Waals surface area contributed by atoms with E-state index >= 15 is 0 Å². The highest BCUT2D eigenvalue weighted by molar-refractivity contribution is 6.12. The number of rotatable bonds is 8. The molecule has 0 spiro atoms. The summed E-state index contributed by atoms with van der Waals surface area (Å²) in [6.07, 6.45) is 0. The van der Waals surface area contributed by atoms with Gasteiger partial charge in [0.2, 0.25) is 5.78 Å². The third-order valence-electron chi connectivity index (χ3n) is 6.79. The highest BCUT2D eigenvalue weighted by atomic mass is 16.6. The van der Waals surface area contributed by atoms with E-state index in [-0.39, 0.29) is 45.2 Å². The molecule has 44 heavy (non-hydrogen) atoms. The minimum Gasteiger partial charge on any atom is -0.507 e. The van der Waals surface area contributed by atoms with Gasteiger partial charge in [-0.25, -0.2) is 9.59 Å².